The fourth-order valence-corrected chi connectivity index (χ4v) is 4.14. The third kappa shape index (κ3) is 5.28. The number of nitro groups is 1. The van der Waals surface area contributed by atoms with Crippen LogP contribution in [0.25, 0.3) is 22.4 Å². The van der Waals surface area contributed by atoms with Crippen LogP contribution in [0.3, 0.4) is 0 Å². The average molecular weight is 467 g/mol. The number of hydrogen-bond donors (Lipinski definition) is 1. The number of hydrogen-bond acceptors (Lipinski definition) is 6. The van der Waals surface area contributed by atoms with E-state index < -0.39 is 4.92 Å². The van der Waals surface area contributed by atoms with Gasteiger partial charge in [0.25, 0.3) is 5.69 Å². The first kappa shape index (κ1) is 22.7. The number of amides is 1. The number of thioether (sulfide) groups is 1. The fourth-order valence-electron chi connectivity index (χ4n) is 3.33. The lowest BCUT2D eigenvalue weighted by molar-refractivity contribution is -0.384. The predicted octanol–water partition coefficient (Wildman–Crippen LogP) is 5.93. The quantitative estimate of drug-likeness (QED) is 0.205. The van der Waals surface area contributed by atoms with Crippen LogP contribution in [0.5, 0.6) is 0 Å². The lowest BCUT2D eigenvalue weighted by Gasteiger charge is -2.12. The molecule has 0 bridgehead atoms. The topological polar surface area (TPSA) is 109 Å². The third-order valence-electron chi connectivity index (χ3n) is 4.95. The number of non-ortho nitro benzene ring substituents is 1. The minimum absolute atomic E-state index is 0.0190. The van der Waals surface area contributed by atoms with Crippen molar-refractivity contribution in [3.05, 3.63) is 107 Å². The molecule has 0 saturated heterocycles. The van der Waals surface area contributed by atoms with E-state index in [0.717, 1.165) is 16.7 Å². The lowest BCUT2D eigenvalue weighted by Crippen LogP contribution is -2.14. The van der Waals surface area contributed by atoms with Gasteiger partial charge in [-0.3, -0.25) is 14.9 Å². The van der Waals surface area contributed by atoms with Crippen LogP contribution in [0.4, 0.5) is 11.4 Å². The van der Waals surface area contributed by atoms with Crippen molar-refractivity contribution in [3.63, 3.8) is 0 Å². The molecule has 4 aromatic rings. The Labute approximate surface area is 200 Å². The van der Waals surface area contributed by atoms with E-state index in [4.69, 9.17) is 4.98 Å². The highest BCUT2D eigenvalue weighted by molar-refractivity contribution is 8.00. The normalized spacial score (nSPS) is 10.3. The first-order valence-electron chi connectivity index (χ1n) is 10.3. The van der Waals surface area contributed by atoms with Gasteiger partial charge in [-0.25, -0.2) is 4.98 Å². The molecule has 0 radical (unpaired) electrons. The maximum Gasteiger partial charge on any atom is 0.269 e. The van der Waals surface area contributed by atoms with Gasteiger partial charge in [0.05, 0.1) is 21.9 Å². The molecule has 1 aromatic heterocycles. The summed E-state index contributed by atoms with van der Waals surface area (Å²) in [5, 5.41) is 23.9. The highest BCUT2D eigenvalue weighted by Gasteiger charge is 2.17. The van der Waals surface area contributed by atoms with E-state index in [0.29, 0.717) is 22.0 Å². The van der Waals surface area contributed by atoms with Gasteiger partial charge in [-0.15, -0.1) is 0 Å². The summed E-state index contributed by atoms with van der Waals surface area (Å²) in [7, 11) is 0. The summed E-state index contributed by atoms with van der Waals surface area (Å²) in [6, 6.07) is 29.0. The number of nitriles is 1. The number of nitro benzene ring substituents is 1. The van der Waals surface area contributed by atoms with Crippen molar-refractivity contribution < 1.29 is 9.72 Å². The zero-order valence-corrected chi connectivity index (χ0v) is 18.7. The predicted molar refractivity (Wildman–Crippen MR) is 132 cm³/mol. The van der Waals surface area contributed by atoms with Gasteiger partial charge in [-0.1, -0.05) is 72.4 Å². The molecule has 4 rings (SSSR count). The summed E-state index contributed by atoms with van der Waals surface area (Å²) >= 11 is 1.17. The maximum absolute atomic E-state index is 12.5. The van der Waals surface area contributed by atoms with Crippen LogP contribution in [-0.4, -0.2) is 21.6 Å². The Morgan fingerprint density at radius 2 is 1.59 bits per heavy atom. The molecule has 0 unspecified atom stereocenters. The molecule has 0 aliphatic heterocycles. The summed E-state index contributed by atoms with van der Waals surface area (Å²) in [6.07, 6.45) is 0. The number of aromatic nitrogens is 1. The molecular weight excluding hydrogens is 448 g/mol. The standard InChI is InChI=1S/C26H18N4O3S/c27-16-23-22(18-7-3-1-4-8-18)15-24(19-9-5-2-6-10-19)29-26(23)34-17-25(31)28-20-11-13-21(14-12-20)30(32)33/h1-15H,17H2,(H,28,31). The minimum atomic E-state index is -0.499. The van der Waals surface area contributed by atoms with Crippen molar-refractivity contribution in [2.45, 2.75) is 5.03 Å². The molecule has 1 amide bonds. The zero-order valence-electron chi connectivity index (χ0n) is 17.8. The molecule has 0 aliphatic carbocycles. The Morgan fingerprint density at radius 1 is 0.971 bits per heavy atom. The second kappa shape index (κ2) is 10.4. The zero-order chi connectivity index (χ0) is 23.9. The lowest BCUT2D eigenvalue weighted by atomic mass is 9.99. The van der Waals surface area contributed by atoms with Crippen LogP contribution >= 0.6 is 11.8 Å². The molecule has 0 aliphatic rings. The first-order valence-corrected chi connectivity index (χ1v) is 11.3. The number of carbonyl (C=O) groups excluding carboxylic acids is 1. The molecule has 7 nitrogen and oxygen atoms in total. The molecule has 0 saturated carbocycles. The van der Waals surface area contributed by atoms with Crippen LogP contribution in [0.1, 0.15) is 5.56 Å². The van der Waals surface area contributed by atoms with E-state index in [1.807, 2.05) is 66.7 Å². The van der Waals surface area contributed by atoms with Gasteiger partial charge in [-0.05, 0) is 23.8 Å². The number of benzene rings is 3. The van der Waals surface area contributed by atoms with Crippen molar-refractivity contribution in [1.29, 1.82) is 5.26 Å². The van der Waals surface area contributed by atoms with E-state index in [1.165, 1.54) is 36.0 Å². The van der Waals surface area contributed by atoms with E-state index in [-0.39, 0.29) is 17.3 Å². The number of rotatable bonds is 7. The Bertz CT molecular complexity index is 1370. The van der Waals surface area contributed by atoms with Crippen LogP contribution in [0.15, 0.2) is 96.0 Å². The molecule has 1 N–H and O–H groups in total. The maximum atomic E-state index is 12.5. The highest BCUT2D eigenvalue weighted by atomic mass is 32.2. The van der Waals surface area contributed by atoms with E-state index >= 15 is 0 Å². The second-order valence-corrected chi connectivity index (χ2v) is 8.18. The molecule has 3 aromatic carbocycles. The van der Waals surface area contributed by atoms with Crippen LogP contribution in [0.2, 0.25) is 0 Å². The highest BCUT2D eigenvalue weighted by Crippen LogP contribution is 2.34. The van der Waals surface area contributed by atoms with Gasteiger partial charge >= 0.3 is 0 Å². The van der Waals surface area contributed by atoms with Crippen molar-refractivity contribution in [3.8, 4) is 28.5 Å². The fraction of sp³-hybridized carbons (Fsp3) is 0.0385. The summed E-state index contributed by atoms with van der Waals surface area (Å²) in [5.74, 6) is -0.290. The van der Waals surface area contributed by atoms with E-state index in [1.54, 1.807) is 0 Å². The summed E-state index contributed by atoms with van der Waals surface area (Å²) in [5.41, 5.74) is 4.04. The van der Waals surface area contributed by atoms with E-state index in [2.05, 4.69) is 11.4 Å². The van der Waals surface area contributed by atoms with Crippen LogP contribution < -0.4 is 5.32 Å². The van der Waals surface area contributed by atoms with Gasteiger partial charge in [0.15, 0.2) is 0 Å². The third-order valence-corrected chi connectivity index (χ3v) is 5.93. The molecule has 8 heteroatoms. The van der Waals surface area contributed by atoms with Gasteiger partial charge in [0.2, 0.25) is 5.91 Å². The van der Waals surface area contributed by atoms with Crippen LogP contribution in [0, 0.1) is 21.4 Å². The minimum Gasteiger partial charge on any atom is -0.325 e. The Kier molecular flexibility index (Phi) is 6.96. The molecule has 0 fully saturated rings. The second-order valence-electron chi connectivity index (χ2n) is 7.22. The summed E-state index contributed by atoms with van der Waals surface area (Å²) < 4.78 is 0. The number of carbonyl (C=O) groups is 1. The number of pyridine rings is 1. The smallest absolute Gasteiger partial charge is 0.269 e. The van der Waals surface area contributed by atoms with Crippen LogP contribution in [-0.2, 0) is 4.79 Å². The Hall–Kier alpha value is -4.48. The summed E-state index contributed by atoms with van der Waals surface area (Å²) in [6.45, 7) is 0. The summed E-state index contributed by atoms with van der Waals surface area (Å²) in [4.78, 5) is 27.5. The molecule has 166 valence electrons. The van der Waals surface area contributed by atoms with E-state index in [9.17, 15) is 20.2 Å². The molecule has 1 heterocycles. The van der Waals surface area contributed by atoms with Gasteiger partial charge in [-0.2, -0.15) is 5.26 Å². The van der Waals surface area contributed by atoms with Gasteiger partial charge in [0.1, 0.15) is 11.1 Å². The molecule has 0 spiro atoms. The average Bonchev–Trinajstić information content (AvgIpc) is 2.88. The Balaban J connectivity index is 1.62. The molecule has 34 heavy (non-hydrogen) atoms. The number of anilines is 1. The monoisotopic (exact) mass is 466 g/mol. The van der Waals surface area contributed by atoms with Crippen molar-refractivity contribution in [1.82, 2.24) is 4.98 Å². The number of nitrogens with zero attached hydrogens (tertiary/aromatic N) is 3. The first-order chi connectivity index (χ1) is 16.5. The largest absolute Gasteiger partial charge is 0.325 e. The van der Waals surface area contributed by atoms with Crippen molar-refractivity contribution >= 4 is 29.0 Å². The van der Waals surface area contributed by atoms with Crippen molar-refractivity contribution in [2.75, 3.05) is 11.1 Å². The molecular formula is C26H18N4O3S. The van der Waals surface area contributed by atoms with Crippen molar-refractivity contribution in [2.24, 2.45) is 0 Å². The number of nitrogens with one attached hydrogen (secondary N) is 1. The SMILES string of the molecule is N#Cc1c(-c2ccccc2)cc(-c2ccccc2)nc1SCC(=O)Nc1ccc([N+](=O)[O-])cc1. The molecule has 0 atom stereocenters. The Morgan fingerprint density at radius 3 is 2.18 bits per heavy atom. The van der Waals surface area contributed by atoms with Gasteiger partial charge in [0, 0.05) is 28.9 Å². The van der Waals surface area contributed by atoms with Gasteiger partial charge < -0.3 is 5.32 Å².